The number of amides is 1. The number of carbonyl (C=O) groups excluding carboxylic acids is 2. The minimum atomic E-state index is -0.663. The third kappa shape index (κ3) is 3.43. The number of benzene rings is 2. The molecule has 2 heterocycles. The Balaban J connectivity index is 1.78. The molecule has 1 aliphatic rings. The molecule has 1 N–H and O–H groups in total. The number of hydrogen-bond acceptors (Lipinski definition) is 5. The van der Waals surface area contributed by atoms with Gasteiger partial charge < -0.3 is 19.3 Å². The van der Waals surface area contributed by atoms with E-state index in [9.17, 15) is 14.7 Å². The minimum absolute atomic E-state index is 0.0546. The minimum Gasteiger partial charge on any atom is -0.503 e. The molecular formula is C23H22N2O4. The number of para-hydroxylation sites is 1. The summed E-state index contributed by atoms with van der Waals surface area (Å²) in [5, 5.41) is 11.4. The lowest BCUT2D eigenvalue weighted by molar-refractivity contribution is -0.129. The van der Waals surface area contributed by atoms with E-state index >= 15 is 0 Å². The summed E-state index contributed by atoms with van der Waals surface area (Å²) in [6.45, 7) is 0.987. The van der Waals surface area contributed by atoms with E-state index in [1.807, 2.05) is 67.5 Å². The fourth-order valence-corrected chi connectivity index (χ4v) is 3.63. The number of carbonyl (C=O) groups is 2. The zero-order chi connectivity index (χ0) is 20.5. The molecule has 1 atom stereocenters. The largest absolute Gasteiger partial charge is 0.503 e. The number of ketones is 1. The second-order valence-corrected chi connectivity index (χ2v) is 7.35. The molecule has 0 bridgehead atoms. The van der Waals surface area contributed by atoms with Crippen molar-refractivity contribution in [3.63, 3.8) is 0 Å². The second kappa shape index (κ2) is 7.56. The number of furan rings is 1. The maximum atomic E-state index is 13.3. The van der Waals surface area contributed by atoms with Crippen LogP contribution in [0.5, 0.6) is 0 Å². The highest BCUT2D eigenvalue weighted by Gasteiger charge is 2.44. The summed E-state index contributed by atoms with van der Waals surface area (Å²) in [6.07, 6.45) is 0. The van der Waals surface area contributed by atoms with Gasteiger partial charge in [0.1, 0.15) is 5.58 Å². The molecule has 0 fully saturated rings. The molecule has 0 aliphatic carbocycles. The van der Waals surface area contributed by atoms with Crippen LogP contribution in [0.2, 0.25) is 0 Å². The van der Waals surface area contributed by atoms with Crippen molar-refractivity contribution in [1.29, 1.82) is 0 Å². The fourth-order valence-electron chi connectivity index (χ4n) is 3.63. The van der Waals surface area contributed by atoms with E-state index in [1.54, 1.807) is 17.0 Å². The third-order valence-electron chi connectivity index (χ3n) is 5.10. The standard InChI is InChI=1S/C23H22N2O4/c1-24(2)12-13-25-20(15-8-4-3-5-9-15)19(22(27)23(25)28)21(26)18-14-16-10-6-7-11-17(16)29-18/h3-11,14,20,27H,12-13H2,1-2H3/t20-/m0/s1. The zero-order valence-electron chi connectivity index (χ0n) is 16.3. The van der Waals surface area contributed by atoms with Gasteiger partial charge in [-0.2, -0.15) is 0 Å². The monoisotopic (exact) mass is 390 g/mol. The molecule has 0 radical (unpaired) electrons. The molecule has 4 rings (SSSR count). The third-order valence-corrected chi connectivity index (χ3v) is 5.10. The molecule has 0 saturated heterocycles. The molecule has 148 valence electrons. The molecule has 1 aliphatic heterocycles. The number of nitrogens with zero attached hydrogens (tertiary/aromatic N) is 2. The van der Waals surface area contributed by atoms with Gasteiger partial charge in [-0.15, -0.1) is 0 Å². The quantitative estimate of drug-likeness (QED) is 0.652. The van der Waals surface area contributed by atoms with Gasteiger partial charge in [-0.05, 0) is 31.8 Å². The van der Waals surface area contributed by atoms with E-state index in [0.717, 1.165) is 10.9 Å². The second-order valence-electron chi connectivity index (χ2n) is 7.35. The maximum absolute atomic E-state index is 13.3. The van der Waals surface area contributed by atoms with Crippen molar-refractivity contribution >= 4 is 22.7 Å². The Morgan fingerprint density at radius 2 is 1.79 bits per heavy atom. The van der Waals surface area contributed by atoms with E-state index in [1.165, 1.54) is 0 Å². The van der Waals surface area contributed by atoms with E-state index in [-0.39, 0.29) is 11.3 Å². The van der Waals surface area contributed by atoms with Crippen molar-refractivity contribution in [3.05, 3.63) is 83.3 Å². The molecule has 29 heavy (non-hydrogen) atoms. The first-order chi connectivity index (χ1) is 14.0. The molecule has 0 spiro atoms. The summed E-state index contributed by atoms with van der Waals surface area (Å²) in [5.41, 5.74) is 1.41. The predicted molar refractivity (Wildman–Crippen MR) is 110 cm³/mol. The van der Waals surface area contributed by atoms with Crippen LogP contribution in [0.3, 0.4) is 0 Å². The summed E-state index contributed by atoms with van der Waals surface area (Å²) < 4.78 is 5.71. The van der Waals surface area contributed by atoms with Crippen LogP contribution in [0.1, 0.15) is 22.2 Å². The Labute approximate surface area is 168 Å². The zero-order valence-corrected chi connectivity index (χ0v) is 16.3. The lowest BCUT2D eigenvalue weighted by Gasteiger charge is -2.27. The summed E-state index contributed by atoms with van der Waals surface area (Å²) in [5.74, 6) is -1.42. The highest BCUT2D eigenvalue weighted by Crippen LogP contribution is 2.39. The van der Waals surface area contributed by atoms with Gasteiger partial charge in [-0.1, -0.05) is 48.5 Å². The Hall–Kier alpha value is -3.38. The normalized spacial score (nSPS) is 17.0. The number of Topliss-reactive ketones (excluding diaryl/α,β-unsaturated/α-hetero) is 1. The van der Waals surface area contributed by atoms with Crippen LogP contribution in [0.15, 0.2) is 76.4 Å². The van der Waals surface area contributed by atoms with Gasteiger partial charge >= 0.3 is 0 Å². The van der Waals surface area contributed by atoms with Crippen LogP contribution >= 0.6 is 0 Å². The highest BCUT2D eigenvalue weighted by molar-refractivity contribution is 6.16. The molecule has 6 heteroatoms. The van der Waals surface area contributed by atoms with E-state index in [0.29, 0.717) is 18.7 Å². The first-order valence-corrected chi connectivity index (χ1v) is 9.44. The lowest BCUT2D eigenvalue weighted by Crippen LogP contribution is -2.36. The first-order valence-electron chi connectivity index (χ1n) is 9.44. The summed E-state index contributed by atoms with van der Waals surface area (Å²) in [7, 11) is 3.82. The van der Waals surface area contributed by atoms with E-state index in [4.69, 9.17) is 4.42 Å². The summed E-state index contributed by atoms with van der Waals surface area (Å²) >= 11 is 0. The first kappa shape index (κ1) is 19.0. The molecule has 1 amide bonds. The molecule has 3 aromatic rings. The van der Waals surface area contributed by atoms with Crippen LogP contribution < -0.4 is 0 Å². The van der Waals surface area contributed by atoms with Crippen molar-refractivity contribution in [2.75, 3.05) is 27.2 Å². The van der Waals surface area contributed by atoms with Gasteiger partial charge in [-0.3, -0.25) is 9.59 Å². The Bertz CT molecular complexity index is 1070. The van der Waals surface area contributed by atoms with Crippen LogP contribution in [0.4, 0.5) is 0 Å². The average Bonchev–Trinajstić information content (AvgIpc) is 3.26. The van der Waals surface area contributed by atoms with Gasteiger partial charge in [0, 0.05) is 18.5 Å². The molecular weight excluding hydrogens is 368 g/mol. The highest BCUT2D eigenvalue weighted by atomic mass is 16.3. The molecule has 0 unspecified atom stereocenters. The van der Waals surface area contributed by atoms with E-state index in [2.05, 4.69) is 0 Å². The van der Waals surface area contributed by atoms with Gasteiger partial charge in [0.2, 0.25) is 5.78 Å². The topological polar surface area (TPSA) is 74.0 Å². The predicted octanol–water partition coefficient (Wildman–Crippen LogP) is 3.57. The molecule has 2 aromatic carbocycles. The van der Waals surface area contributed by atoms with E-state index < -0.39 is 23.5 Å². The number of rotatable bonds is 6. The average molecular weight is 390 g/mol. The van der Waals surface area contributed by atoms with Gasteiger partial charge in [0.15, 0.2) is 11.5 Å². The SMILES string of the molecule is CN(C)CCN1C(=O)C(O)=C(C(=O)c2cc3ccccc3o2)[C@@H]1c1ccccc1. The Kier molecular flexibility index (Phi) is 4.94. The summed E-state index contributed by atoms with van der Waals surface area (Å²) in [6, 6.07) is 17.6. The van der Waals surface area contributed by atoms with Crippen molar-refractivity contribution < 1.29 is 19.1 Å². The van der Waals surface area contributed by atoms with Crippen molar-refractivity contribution in [2.45, 2.75) is 6.04 Å². The smallest absolute Gasteiger partial charge is 0.290 e. The van der Waals surface area contributed by atoms with Crippen molar-refractivity contribution in [2.24, 2.45) is 0 Å². The number of aliphatic hydroxyl groups excluding tert-OH is 1. The fraction of sp³-hybridized carbons (Fsp3) is 0.217. The van der Waals surface area contributed by atoms with Gasteiger partial charge in [0.05, 0.1) is 11.6 Å². The lowest BCUT2D eigenvalue weighted by atomic mass is 9.95. The Morgan fingerprint density at radius 3 is 2.48 bits per heavy atom. The van der Waals surface area contributed by atoms with Crippen LogP contribution in [0.25, 0.3) is 11.0 Å². The molecule has 6 nitrogen and oxygen atoms in total. The van der Waals surface area contributed by atoms with Crippen LogP contribution in [-0.2, 0) is 4.79 Å². The van der Waals surface area contributed by atoms with Crippen molar-refractivity contribution in [1.82, 2.24) is 9.80 Å². The maximum Gasteiger partial charge on any atom is 0.290 e. The van der Waals surface area contributed by atoms with Crippen LogP contribution in [0, 0.1) is 0 Å². The van der Waals surface area contributed by atoms with Gasteiger partial charge in [0.25, 0.3) is 5.91 Å². The Morgan fingerprint density at radius 1 is 1.10 bits per heavy atom. The molecule has 0 saturated carbocycles. The number of hydrogen-bond donors (Lipinski definition) is 1. The number of fused-ring (bicyclic) bond motifs is 1. The molecule has 1 aromatic heterocycles. The van der Waals surface area contributed by atoms with Gasteiger partial charge in [-0.25, -0.2) is 0 Å². The van der Waals surface area contributed by atoms with Crippen LogP contribution in [-0.4, -0.2) is 53.8 Å². The number of aliphatic hydroxyl groups is 1. The summed E-state index contributed by atoms with van der Waals surface area (Å²) in [4.78, 5) is 29.7. The number of likely N-dealkylation sites (N-methyl/N-ethyl adjacent to an activating group) is 1. The van der Waals surface area contributed by atoms with Crippen molar-refractivity contribution in [3.8, 4) is 0 Å².